The van der Waals surface area contributed by atoms with Gasteiger partial charge in [0.2, 0.25) is 0 Å². The molecule has 0 fully saturated rings. The lowest BCUT2D eigenvalue weighted by Crippen LogP contribution is -2.53. The fourth-order valence-corrected chi connectivity index (χ4v) is 3.88. The van der Waals surface area contributed by atoms with Gasteiger partial charge in [-0.1, -0.05) is 48.5 Å². The molecular weight excluding hydrogens is 334 g/mol. The Morgan fingerprint density at radius 1 is 0.962 bits per heavy atom. The number of rotatable bonds is 4. The van der Waals surface area contributed by atoms with Gasteiger partial charge in [-0.25, -0.2) is 9.59 Å². The number of carboxylic acid groups (broad SMARTS) is 2. The van der Waals surface area contributed by atoms with Gasteiger partial charge in [-0.15, -0.1) is 0 Å². The van der Waals surface area contributed by atoms with Crippen LogP contribution in [0.15, 0.2) is 60.2 Å². The van der Waals surface area contributed by atoms with Crippen molar-refractivity contribution in [3.8, 4) is 0 Å². The molecule has 0 saturated carbocycles. The fraction of sp³-hybridized carbons (Fsp3) is 0.150. The molecule has 2 aromatic carbocycles. The van der Waals surface area contributed by atoms with E-state index in [-0.39, 0.29) is 24.1 Å². The molecule has 0 aliphatic carbocycles. The summed E-state index contributed by atoms with van der Waals surface area (Å²) >= 11 is 0. The summed E-state index contributed by atoms with van der Waals surface area (Å²) in [5, 5.41) is 19.7. The lowest BCUT2D eigenvalue weighted by atomic mass is 9.85. The highest BCUT2D eigenvalue weighted by Gasteiger charge is 2.58. The first kappa shape index (κ1) is 16.1. The molecule has 130 valence electrons. The number of hydrogen-bond acceptors (Lipinski definition) is 3. The molecule has 2 aromatic rings. The Balaban J connectivity index is 1.92. The molecule has 2 N–H and O–H groups in total. The zero-order chi connectivity index (χ0) is 18.5. The van der Waals surface area contributed by atoms with Crippen molar-refractivity contribution >= 4 is 23.5 Å². The third kappa shape index (κ3) is 2.08. The van der Waals surface area contributed by atoms with Crippen LogP contribution in [0.2, 0.25) is 0 Å². The molecule has 26 heavy (non-hydrogen) atoms. The molecular formula is C20H15NO5. The average Bonchev–Trinajstić information content (AvgIpc) is 3.12. The molecule has 6 nitrogen and oxygen atoms in total. The normalized spacial score (nSPS) is 20.9. The van der Waals surface area contributed by atoms with E-state index in [0.29, 0.717) is 11.1 Å². The second-order valence-corrected chi connectivity index (χ2v) is 6.49. The maximum atomic E-state index is 13.0. The predicted octanol–water partition coefficient (Wildman–Crippen LogP) is 2.41. The first-order valence-electron chi connectivity index (χ1n) is 8.13. The average molecular weight is 349 g/mol. The van der Waals surface area contributed by atoms with Crippen molar-refractivity contribution in [2.45, 2.75) is 18.4 Å². The van der Waals surface area contributed by atoms with Gasteiger partial charge in [-0.3, -0.25) is 9.69 Å². The minimum Gasteiger partial charge on any atom is -0.479 e. The van der Waals surface area contributed by atoms with Crippen LogP contribution < -0.4 is 0 Å². The Labute approximate surface area is 149 Å². The SMILES string of the molecule is O=C(O)C1=C2c3ccccc3C(=O)N2C(Cc2ccccc2)(C(=O)O)C1. The number of aliphatic carboxylic acids is 2. The molecule has 4 rings (SSSR count). The van der Waals surface area contributed by atoms with Gasteiger partial charge in [0, 0.05) is 24.0 Å². The van der Waals surface area contributed by atoms with E-state index in [2.05, 4.69) is 0 Å². The van der Waals surface area contributed by atoms with Gasteiger partial charge in [-0.2, -0.15) is 0 Å². The summed E-state index contributed by atoms with van der Waals surface area (Å²) in [5.41, 5.74) is 0.0500. The molecule has 0 spiro atoms. The summed E-state index contributed by atoms with van der Waals surface area (Å²) in [4.78, 5) is 38.3. The van der Waals surface area contributed by atoms with Crippen LogP contribution in [0.25, 0.3) is 5.70 Å². The fourth-order valence-electron chi connectivity index (χ4n) is 3.88. The van der Waals surface area contributed by atoms with E-state index in [1.807, 2.05) is 6.07 Å². The first-order valence-corrected chi connectivity index (χ1v) is 8.13. The largest absolute Gasteiger partial charge is 0.479 e. The van der Waals surface area contributed by atoms with E-state index in [1.165, 1.54) is 4.90 Å². The summed E-state index contributed by atoms with van der Waals surface area (Å²) in [7, 11) is 0. The number of carbonyl (C=O) groups is 3. The topological polar surface area (TPSA) is 94.9 Å². The van der Waals surface area contributed by atoms with Gasteiger partial charge < -0.3 is 10.2 Å². The smallest absolute Gasteiger partial charge is 0.333 e. The molecule has 2 aliphatic rings. The van der Waals surface area contributed by atoms with Crippen LogP contribution >= 0.6 is 0 Å². The molecule has 6 heteroatoms. The summed E-state index contributed by atoms with van der Waals surface area (Å²) in [6.45, 7) is 0. The van der Waals surface area contributed by atoms with Gasteiger partial charge in [0.1, 0.15) is 0 Å². The van der Waals surface area contributed by atoms with Crippen molar-refractivity contribution < 1.29 is 24.6 Å². The zero-order valence-corrected chi connectivity index (χ0v) is 13.7. The van der Waals surface area contributed by atoms with E-state index in [0.717, 1.165) is 5.56 Å². The van der Waals surface area contributed by atoms with Gasteiger partial charge in [-0.05, 0) is 11.6 Å². The number of carbonyl (C=O) groups excluding carboxylic acids is 1. The number of carboxylic acids is 2. The van der Waals surface area contributed by atoms with Crippen molar-refractivity contribution in [3.05, 3.63) is 76.9 Å². The Bertz CT molecular complexity index is 979. The van der Waals surface area contributed by atoms with Gasteiger partial charge >= 0.3 is 11.9 Å². The molecule has 0 bridgehead atoms. The molecule has 0 radical (unpaired) electrons. The van der Waals surface area contributed by atoms with Crippen molar-refractivity contribution in [2.75, 3.05) is 0 Å². The molecule has 2 aliphatic heterocycles. The Morgan fingerprint density at radius 3 is 2.19 bits per heavy atom. The number of fused-ring (bicyclic) bond motifs is 3. The van der Waals surface area contributed by atoms with Crippen LogP contribution in [0, 0.1) is 0 Å². The monoisotopic (exact) mass is 349 g/mol. The van der Waals surface area contributed by atoms with Crippen LogP contribution in [0.4, 0.5) is 0 Å². The van der Waals surface area contributed by atoms with Gasteiger partial charge in [0.05, 0.1) is 11.3 Å². The Kier molecular flexibility index (Phi) is 3.44. The summed E-state index contributed by atoms with van der Waals surface area (Å²) in [5.74, 6) is -2.88. The maximum absolute atomic E-state index is 13.0. The van der Waals surface area contributed by atoms with E-state index in [4.69, 9.17) is 0 Å². The Morgan fingerprint density at radius 2 is 1.58 bits per heavy atom. The lowest BCUT2D eigenvalue weighted by Gasteiger charge is -2.34. The third-order valence-corrected chi connectivity index (χ3v) is 5.02. The maximum Gasteiger partial charge on any atom is 0.333 e. The number of amides is 1. The van der Waals surface area contributed by atoms with E-state index < -0.39 is 23.4 Å². The minimum atomic E-state index is -1.65. The molecule has 0 aromatic heterocycles. The molecule has 1 amide bonds. The number of hydrogen-bond donors (Lipinski definition) is 2. The molecule has 2 heterocycles. The highest BCUT2D eigenvalue weighted by atomic mass is 16.4. The first-order chi connectivity index (χ1) is 12.5. The van der Waals surface area contributed by atoms with Gasteiger partial charge in [0.15, 0.2) is 5.54 Å². The zero-order valence-electron chi connectivity index (χ0n) is 13.7. The highest BCUT2D eigenvalue weighted by molar-refractivity contribution is 6.17. The van der Waals surface area contributed by atoms with E-state index in [1.54, 1.807) is 48.5 Å². The van der Waals surface area contributed by atoms with E-state index in [9.17, 15) is 24.6 Å². The second kappa shape index (κ2) is 5.56. The van der Waals surface area contributed by atoms with Crippen molar-refractivity contribution in [3.63, 3.8) is 0 Å². The number of nitrogens with zero attached hydrogens (tertiary/aromatic N) is 1. The van der Waals surface area contributed by atoms with Crippen LogP contribution in [-0.4, -0.2) is 38.5 Å². The highest BCUT2D eigenvalue weighted by Crippen LogP contribution is 2.49. The van der Waals surface area contributed by atoms with Gasteiger partial charge in [0.25, 0.3) is 5.91 Å². The van der Waals surface area contributed by atoms with Crippen LogP contribution in [0.3, 0.4) is 0 Å². The standard InChI is InChI=1S/C20H15NO5/c22-17-14-9-5-4-8-13(14)16-15(18(23)24)11-20(19(25)26,21(16)17)10-12-6-2-1-3-7-12/h1-9H,10-11H2,(H,23,24)(H,25,26). The van der Waals surface area contributed by atoms with Crippen molar-refractivity contribution in [2.24, 2.45) is 0 Å². The van der Waals surface area contributed by atoms with Crippen molar-refractivity contribution in [1.82, 2.24) is 4.90 Å². The molecule has 0 saturated heterocycles. The summed E-state index contributed by atoms with van der Waals surface area (Å²) < 4.78 is 0. The number of benzene rings is 2. The molecule has 1 atom stereocenters. The van der Waals surface area contributed by atoms with Crippen LogP contribution in [0.5, 0.6) is 0 Å². The van der Waals surface area contributed by atoms with Crippen LogP contribution in [-0.2, 0) is 16.0 Å². The quantitative estimate of drug-likeness (QED) is 0.884. The van der Waals surface area contributed by atoms with E-state index >= 15 is 0 Å². The second-order valence-electron chi connectivity index (χ2n) is 6.49. The summed E-state index contributed by atoms with van der Waals surface area (Å²) in [6.07, 6.45) is -0.203. The summed E-state index contributed by atoms with van der Waals surface area (Å²) in [6, 6.07) is 15.6. The third-order valence-electron chi connectivity index (χ3n) is 5.02. The predicted molar refractivity (Wildman–Crippen MR) is 92.3 cm³/mol. The lowest BCUT2D eigenvalue weighted by molar-refractivity contribution is -0.147. The van der Waals surface area contributed by atoms with Crippen LogP contribution in [0.1, 0.15) is 27.9 Å². The Hall–Kier alpha value is -3.41. The van der Waals surface area contributed by atoms with Crippen molar-refractivity contribution in [1.29, 1.82) is 0 Å². The molecule has 1 unspecified atom stereocenters. The minimum absolute atomic E-state index is 0.0309.